The van der Waals surface area contributed by atoms with Crippen molar-refractivity contribution in [3.05, 3.63) is 66.2 Å². The summed E-state index contributed by atoms with van der Waals surface area (Å²) in [4.78, 5) is 21.5. The standard InChI is InChI=1S/C24H23FN6O2/c25-16-8-9-20(31-27-10-11-28-31)18(12-16)23(32)30-14-15-4-3-5-17(15)21(30)13-26-24-29-19-6-1-2-7-22(19)33-24/h1-2,6-12,15,17,21H,3-5,13-14H2,(H,26,29). The molecule has 1 saturated heterocycles. The van der Waals surface area contributed by atoms with Crippen LogP contribution in [0.3, 0.4) is 0 Å². The van der Waals surface area contributed by atoms with Crippen LogP contribution >= 0.6 is 0 Å². The summed E-state index contributed by atoms with van der Waals surface area (Å²) in [7, 11) is 0. The summed E-state index contributed by atoms with van der Waals surface area (Å²) in [6.07, 6.45) is 6.41. The van der Waals surface area contributed by atoms with Crippen molar-refractivity contribution in [1.29, 1.82) is 0 Å². The maximum Gasteiger partial charge on any atom is 0.295 e. The van der Waals surface area contributed by atoms with E-state index < -0.39 is 5.82 Å². The molecule has 2 fully saturated rings. The van der Waals surface area contributed by atoms with Gasteiger partial charge in [-0.1, -0.05) is 18.6 Å². The molecular weight excluding hydrogens is 423 g/mol. The topological polar surface area (TPSA) is 89.1 Å². The molecule has 1 saturated carbocycles. The average Bonchev–Trinajstić information content (AvgIpc) is 3.61. The lowest BCUT2D eigenvalue weighted by Gasteiger charge is -2.28. The number of halogens is 1. The first-order valence-corrected chi connectivity index (χ1v) is 11.2. The Balaban J connectivity index is 1.29. The molecule has 0 spiro atoms. The molecule has 8 nitrogen and oxygen atoms in total. The SMILES string of the molecule is O=C(c1cc(F)ccc1-n1nccn1)N1CC2CCCC2C1CNc1nc2ccccc2o1. The molecule has 2 aromatic heterocycles. The van der Waals surface area contributed by atoms with Gasteiger partial charge < -0.3 is 14.6 Å². The van der Waals surface area contributed by atoms with E-state index in [-0.39, 0.29) is 17.5 Å². The fourth-order valence-corrected chi connectivity index (χ4v) is 5.40. The molecule has 2 aromatic carbocycles. The molecule has 1 aliphatic carbocycles. The zero-order chi connectivity index (χ0) is 22.4. The number of anilines is 1. The van der Waals surface area contributed by atoms with Crippen molar-refractivity contribution in [3.8, 4) is 5.69 Å². The van der Waals surface area contributed by atoms with Gasteiger partial charge in [-0.15, -0.1) is 0 Å². The Labute approximate surface area is 189 Å². The maximum absolute atomic E-state index is 14.2. The first kappa shape index (κ1) is 19.9. The Kier molecular flexibility index (Phi) is 4.82. The van der Waals surface area contributed by atoms with Gasteiger partial charge in [0.1, 0.15) is 11.3 Å². The lowest BCUT2D eigenvalue weighted by molar-refractivity contribution is 0.0720. The molecule has 3 atom stereocenters. The van der Waals surface area contributed by atoms with E-state index in [2.05, 4.69) is 20.5 Å². The van der Waals surface area contributed by atoms with Crippen molar-refractivity contribution in [2.45, 2.75) is 25.3 Å². The van der Waals surface area contributed by atoms with Crippen molar-refractivity contribution in [3.63, 3.8) is 0 Å². The highest BCUT2D eigenvalue weighted by Crippen LogP contribution is 2.43. The van der Waals surface area contributed by atoms with Crippen LogP contribution < -0.4 is 5.32 Å². The van der Waals surface area contributed by atoms with Gasteiger partial charge in [-0.2, -0.15) is 20.0 Å². The molecule has 0 bridgehead atoms. The molecule has 168 valence electrons. The van der Waals surface area contributed by atoms with Crippen molar-refractivity contribution >= 4 is 23.0 Å². The Morgan fingerprint density at radius 1 is 1.15 bits per heavy atom. The Morgan fingerprint density at radius 2 is 2.00 bits per heavy atom. The van der Waals surface area contributed by atoms with E-state index in [1.807, 2.05) is 29.2 Å². The minimum atomic E-state index is -0.463. The first-order valence-electron chi connectivity index (χ1n) is 11.2. The number of amides is 1. The number of nitrogens with zero attached hydrogens (tertiary/aromatic N) is 5. The number of hydrogen-bond donors (Lipinski definition) is 1. The number of oxazole rings is 1. The second-order valence-corrected chi connectivity index (χ2v) is 8.73. The number of carbonyl (C=O) groups is 1. The van der Waals surface area contributed by atoms with Crippen molar-refractivity contribution in [2.24, 2.45) is 11.8 Å². The third kappa shape index (κ3) is 3.53. The first-order chi connectivity index (χ1) is 16.2. The zero-order valence-corrected chi connectivity index (χ0v) is 17.9. The van der Waals surface area contributed by atoms with Gasteiger partial charge in [0.05, 0.1) is 29.7 Å². The summed E-state index contributed by atoms with van der Waals surface area (Å²) >= 11 is 0. The quantitative estimate of drug-likeness (QED) is 0.500. The number of carbonyl (C=O) groups excluding carboxylic acids is 1. The third-order valence-corrected chi connectivity index (χ3v) is 6.88. The van der Waals surface area contributed by atoms with Gasteiger partial charge in [0.15, 0.2) is 5.58 Å². The highest BCUT2D eigenvalue weighted by atomic mass is 19.1. The number of likely N-dealkylation sites (tertiary alicyclic amines) is 1. The van der Waals surface area contributed by atoms with Crippen molar-refractivity contribution in [2.75, 3.05) is 18.4 Å². The van der Waals surface area contributed by atoms with E-state index in [4.69, 9.17) is 4.42 Å². The highest BCUT2D eigenvalue weighted by Gasteiger charge is 2.46. The van der Waals surface area contributed by atoms with E-state index >= 15 is 0 Å². The zero-order valence-electron chi connectivity index (χ0n) is 17.9. The van der Waals surface area contributed by atoms with Gasteiger partial charge in [0.25, 0.3) is 11.9 Å². The van der Waals surface area contributed by atoms with Crippen molar-refractivity contribution < 1.29 is 13.6 Å². The molecule has 6 rings (SSSR count). The third-order valence-electron chi connectivity index (χ3n) is 6.88. The van der Waals surface area contributed by atoms with Gasteiger partial charge in [-0.25, -0.2) is 4.39 Å². The van der Waals surface area contributed by atoms with E-state index in [1.165, 1.54) is 35.7 Å². The number of benzene rings is 2. The van der Waals surface area contributed by atoms with E-state index in [0.717, 1.165) is 18.4 Å². The van der Waals surface area contributed by atoms with Gasteiger partial charge >= 0.3 is 0 Å². The number of nitrogens with one attached hydrogen (secondary N) is 1. The molecule has 4 aromatic rings. The predicted molar refractivity (Wildman–Crippen MR) is 119 cm³/mol. The van der Waals surface area contributed by atoms with E-state index in [1.54, 1.807) is 6.07 Å². The van der Waals surface area contributed by atoms with Crippen LogP contribution in [0, 0.1) is 17.7 Å². The fourth-order valence-electron chi connectivity index (χ4n) is 5.40. The number of hydrogen-bond acceptors (Lipinski definition) is 6. The lowest BCUT2D eigenvalue weighted by atomic mass is 9.94. The van der Waals surface area contributed by atoms with Crippen LogP contribution in [0.4, 0.5) is 10.4 Å². The van der Waals surface area contributed by atoms with Crippen LogP contribution in [-0.2, 0) is 0 Å². The largest absolute Gasteiger partial charge is 0.424 e. The molecular formula is C24H23FN6O2. The Hall–Kier alpha value is -3.75. The average molecular weight is 446 g/mol. The van der Waals surface area contributed by atoms with Crippen LogP contribution in [-0.4, -0.2) is 49.9 Å². The molecule has 3 heterocycles. The molecule has 1 amide bonds. The van der Waals surface area contributed by atoms with Crippen LogP contribution in [0.5, 0.6) is 0 Å². The smallest absolute Gasteiger partial charge is 0.295 e. The Bertz CT molecular complexity index is 1270. The van der Waals surface area contributed by atoms with Crippen LogP contribution in [0.1, 0.15) is 29.6 Å². The fraction of sp³-hybridized carbons (Fsp3) is 0.333. The summed E-state index contributed by atoms with van der Waals surface area (Å²) < 4.78 is 20.0. The summed E-state index contributed by atoms with van der Waals surface area (Å²) in [6.45, 7) is 1.18. The second-order valence-electron chi connectivity index (χ2n) is 8.73. The minimum Gasteiger partial charge on any atom is -0.424 e. The van der Waals surface area contributed by atoms with Crippen molar-refractivity contribution in [1.82, 2.24) is 24.9 Å². The lowest BCUT2D eigenvalue weighted by Crippen LogP contribution is -2.42. The highest BCUT2D eigenvalue weighted by molar-refractivity contribution is 5.98. The number of rotatable bonds is 5. The molecule has 2 aliphatic rings. The summed E-state index contributed by atoms with van der Waals surface area (Å²) in [5, 5.41) is 11.6. The number of aromatic nitrogens is 4. The Morgan fingerprint density at radius 3 is 2.85 bits per heavy atom. The summed E-state index contributed by atoms with van der Waals surface area (Å²) in [5.74, 6) is 0.172. The van der Waals surface area contributed by atoms with E-state index in [0.29, 0.717) is 42.2 Å². The molecule has 3 unspecified atom stereocenters. The predicted octanol–water partition coefficient (Wildman–Crippen LogP) is 3.90. The monoisotopic (exact) mass is 446 g/mol. The van der Waals surface area contributed by atoms with Crippen LogP contribution in [0.15, 0.2) is 59.3 Å². The van der Waals surface area contributed by atoms with Crippen LogP contribution in [0.25, 0.3) is 16.8 Å². The van der Waals surface area contributed by atoms with Gasteiger partial charge in [0, 0.05) is 13.1 Å². The molecule has 33 heavy (non-hydrogen) atoms. The normalized spacial score (nSPS) is 22.1. The molecule has 1 N–H and O–H groups in total. The van der Waals surface area contributed by atoms with E-state index in [9.17, 15) is 9.18 Å². The summed E-state index contributed by atoms with van der Waals surface area (Å²) in [5.41, 5.74) is 2.23. The van der Waals surface area contributed by atoms with Gasteiger partial charge in [-0.05, 0) is 55.0 Å². The number of para-hydroxylation sites is 2. The second kappa shape index (κ2) is 7.99. The van der Waals surface area contributed by atoms with Crippen LogP contribution in [0.2, 0.25) is 0 Å². The number of fused-ring (bicyclic) bond motifs is 2. The van der Waals surface area contributed by atoms with Gasteiger partial charge in [-0.3, -0.25) is 4.79 Å². The molecule has 1 aliphatic heterocycles. The van der Waals surface area contributed by atoms with Gasteiger partial charge in [0.2, 0.25) is 0 Å². The maximum atomic E-state index is 14.2. The minimum absolute atomic E-state index is 0.0401. The summed E-state index contributed by atoms with van der Waals surface area (Å²) in [6, 6.07) is 12.1. The molecule has 0 radical (unpaired) electrons. The molecule has 9 heteroatoms.